The molecule has 0 radical (unpaired) electrons. The normalized spacial score (nSPS) is 22.4. The molecule has 0 spiro atoms. The van der Waals surface area contributed by atoms with E-state index in [2.05, 4.69) is 0 Å². The Morgan fingerprint density at radius 2 is 1.83 bits per heavy atom. The van der Waals surface area contributed by atoms with Crippen molar-refractivity contribution >= 4 is 29.1 Å². The number of aliphatic imine (C=N–C) groups is 1. The van der Waals surface area contributed by atoms with Gasteiger partial charge in [0.05, 0.1) is 20.3 Å². The van der Waals surface area contributed by atoms with Crippen LogP contribution in [0.5, 0.6) is 11.5 Å². The highest BCUT2D eigenvalue weighted by Crippen LogP contribution is 2.47. The van der Waals surface area contributed by atoms with Gasteiger partial charge in [-0.2, -0.15) is 0 Å². The Bertz CT molecular complexity index is 1230. The van der Waals surface area contributed by atoms with E-state index in [1.807, 2.05) is 57.2 Å². The Morgan fingerprint density at radius 1 is 1.08 bits per heavy atom. The zero-order valence-electron chi connectivity index (χ0n) is 21.3. The second-order valence-electron chi connectivity index (χ2n) is 9.42. The Labute approximate surface area is 217 Å². The van der Waals surface area contributed by atoms with Crippen molar-refractivity contribution in [3.05, 3.63) is 69.9 Å². The molecule has 1 aliphatic carbocycles. The fourth-order valence-electron chi connectivity index (χ4n) is 5.12. The first-order valence-corrected chi connectivity index (χ1v) is 12.6. The molecule has 4 atom stereocenters. The average molecular weight is 510 g/mol. The highest BCUT2D eigenvalue weighted by Gasteiger charge is 2.45. The summed E-state index contributed by atoms with van der Waals surface area (Å²) in [6.07, 6.45) is 1.37. The number of hydrogen-bond acceptors (Lipinski definition) is 6. The summed E-state index contributed by atoms with van der Waals surface area (Å²) in [6.45, 7) is 5.67. The molecule has 0 N–H and O–H groups in total. The second kappa shape index (κ2) is 10.9. The minimum atomic E-state index is -0.683. The number of hydrogen-bond donors (Lipinski definition) is 0. The van der Waals surface area contributed by atoms with E-state index in [4.69, 9.17) is 30.8 Å². The quantitative estimate of drug-likeness (QED) is 0.411. The number of carbonyl (C=O) groups excluding carboxylic acids is 2. The summed E-state index contributed by atoms with van der Waals surface area (Å²) >= 11 is 6.33. The van der Waals surface area contributed by atoms with Gasteiger partial charge >= 0.3 is 5.97 Å². The lowest BCUT2D eigenvalue weighted by molar-refractivity contribution is -0.151. The summed E-state index contributed by atoms with van der Waals surface area (Å²) in [7, 11) is 3.19. The Hall–Kier alpha value is -3.12. The third kappa shape index (κ3) is 5.05. The number of nitrogens with zero attached hydrogens (tertiary/aromatic N) is 1. The summed E-state index contributed by atoms with van der Waals surface area (Å²) in [4.78, 5) is 31.9. The van der Waals surface area contributed by atoms with E-state index in [0.717, 1.165) is 16.8 Å². The number of allylic oxidation sites excluding steroid dienone is 2. The Kier molecular flexibility index (Phi) is 7.84. The molecule has 0 saturated carbocycles. The van der Waals surface area contributed by atoms with E-state index in [9.17, 15) is 9.59 Å². The predicted molar refractivity (Wildman–Crippen MR) is 140 cm³/mol. The molecule has 36 heavy (non-hydrogen) atoms. The first kappa shape index (κ1) is 26.0. The molecule has 1 unspecified atom stereocenters. The minimum absolute atomic E-state index is 0.0152. The maximum Gasteiger partial charge on any atom is 0.315 e. The van der Waals surface area contributed by atoms with Gasteiger partial charge in [-0.1, -0.05) is 36.7 Å². The molecule has 0 saturated heterocycles. The maximum atomic E-state index is 13.7. The SMILES string of the molecule is CC[C@@H](C)OC(=O)C1C(C)=NC2=C(C(=O)C[C@H](c3ccc(OC)c(OC)c3)C2)[C@@H]1c1cccc(Cl)c1. The summed E-state index contributed by atoms with van der Waals surface area (Å²) in [5.41, 5.74) is 3.76. The van der Waals surface area contributed by atoms with Crippen molar-refractivity contribution in [1.82, 2.24) is 0 Å². The molecular formula is C29H32ClNO5. The molecule has 0 aromatic heterocycles. The van der Waals surface area contributed by atoms with Gasteiger partial charge in [-0.25, -0.2) is 0 Å². The fourth-order valence-corrected chi connectivity index (χ4v) is 5.32. The van der Waals surface area contributed by atoms with Gasteiger partial charge in [-0.05, 0) is 68.0 Å². The largest absolute Gasteiger partial charge is 0.493 e. The lowest BCUT2D eigenvalue weighted by Crippen LogP contribution is -2.39. The van der Waals surface area contributed by atoms with Gasteiger partial charge in [0.25, 0.3) is 0 Å². The minimum Gasteiger partial charge on any atom is -0.493 e. The van der Waals surface area contributed by atoms with Gasteiger partial charge < -0.3 is 14.2 Å². The first-order chi connectivity index (χ1) is 17.3. The Balaban J connectivity index is 1.77. The fraction of sp³-hybridized carbons (Fsp3) is 0.414. The number of ether oxygens (including phenoxy) is 3. The number of Topliss-reactive ketones (excluding diaryl/α,β-unsaturated/α-hetero) is 1. The van der Waals surface area contributed by atoms with Crippen LogP contribution in [0.15, 0.2) is 58.7 Å². The monoisotopic (exact) mass is 509 g/mol. The maximum absolute atomic E-state index is 13.7. The number of halogens is 1. The molecule has 7 heteroatoms. The average Bonchev–Trinajstić information content (AvgIpc) is 2.86. The van der Waals surface area contributed by atoms with Crippen LogP contribution in [0.2, 0.25) is 5.02 Å². The van der Waals surface area contributed by atoms with E-state index >= 15 is 0 Å². The van der Waals surface area contributed by atoms with E-state index in [0.29, 0.717) is 47.1 Å². The highest BCUT2D eigenvalue weighted by molar-refractivity contribution is 6.30. The van der Waals surface area contributed by atoms with Crippen molar-refractivity contribution < 1.29 is 23.8 Å². The van der Waals surface area contributed by atoms with Crippen LogP contribution in [-0.4, -0.2) is 37.8 Å². The van der Waals surface area contributed by atoms with Gasteiger partial charge in [-0.15, -0.1) is 0 Å². The zero-order chi connectivity index (χ0) is 26.0. The molecule has 1 heterocycles. The number of esters is 1. The smallest absolute Gasteiger partial charge is 0.315 e. The molecule has 0 fully saturated rings. The number of rotatable bonds is 7. The van der Waals surface area contributed by atoms with Crippen molar-refractivity contribution in [2.24, 2.45) is 10.9 Å². The third-order valence-corrected chi connectivity index (χ3v) is 7.36. The lowest BCUT2D eigenvalue weighted by atomic mass is 9.69. The zero-order valence-corrected chi connectivity index (χ0v) is 22.1. The van der Waals surface area contributed by atoms with Crippen LogP contribution in [0.1, 0.15) is 63.0 Å². The molecule has 0 amide bonds. The standard InChI is InChI=1S/C29H32ClNO5/c1-6-16(2)36-29(33)26-17(3)31-22-13-20(18-10-11-24(34-4)25(15-18)35-5)14-23(32)28(22)27(26)19-8-7-9-21(30)12-19/h7-12,15-16,20,26-27H,6,13-14H2,1-5H3/t16-,20-,26?,27-/m1/s1. The topological polar surface area (TPSA) is 74.2 Å². The molecule has 2 aliphatic rings. The van der Waals surface area contributed by atoms with Crippen molar-refractivity contribution in [1.29, 1.82) is 0 Å². The third-order valence-electron chi connectivity index (χ3n) is 7.12. The van der Waals surface area contributed by atoms with E-state index < -0.39 is 11.8 Å². The molecule has 4 rings (SSSR count). The molecule has 6 nitrogen and oxygen atoms in total. The lowest BCUT2D eigenvalue weighted by Gasteiger charge is -2.37. The van der Waals surface area contributed by atoms with Crippen LogP contribution >= 0.6 is 11.6 Å². The van der Waals surface area contributed by atoms with Crippen LogP contribution in [0.4, 0.5) is 0 Å². The molecule has 2 aromatic rings. The number of carbonyl (C=O) groups is 2. The van der Waals surface area contributed by atoms with Gasteiger partial charge in [0.2, 0.25) is 0 Å². The molecule has 0 bridgehead atoms. The highest BCUT2D eigenvalue weighted by atomic mass is 35.5. The van der Waals surface area contributed by atoms with Crippen LogP contribution in [0.3, 0.4) is 0 Å². The molecular weight excluding hydrogens is 478 g/mol. The van der Waals surface area contributed by atoms with Gasteiger partial charge in [0.1, 0.15) is 5.92 Å². The van der Waals surface area contributed by atoms with Gasteiger partial charge in [-0.3, -0.25) is 14.6 Å². The van der Waals surface area contributed by atoms with Crippen molar-refractivity contribution in [3.63, 3.8) is 0 Å². The molecule has 1 aliphatic heterocycles. The van der Waals surface area contributed by atoms with Gasteiger partial charge in [0, 0.05) is 34.3 Å². The van der Waals surface area contributed by atoms with E-state index in [-0.39, 0.29) is 23.8 Å². The summed E-state index contributed by atoms with van der Waals surface area (Å²) < 4.78 is 16.6. The van der Waals surface area contributed by atoms with Crippen LogP contribution < -0.4 is 9.47 Å². The molecule has 2 aromatic carbocycles. The van der Waals surface area contributed by atoms with Crippen molar-refractivity contribution in [3.8, 4) is 11.5 Å². The van der Waals surface area contributed by atoms with Crippen LogP contribution in [-0.2, 0) is 14.3 Å². The molecule has 190 valence electrons. The van der Waals surface area contributed by atoms with Crippen molar-refractivity contribution in [2.45, 2.75) is 58.0 Å². The van der Waals surface area contributed by atoms with Crippen molar-refractivity contribution in [2.75, 3.05) is 14.2 Å². The van der Waals surface area contributed by atoms with Gasteiger partial charge in [0.15, 0.2) is 17.3 Å². The number of methoxy groups -OCH3 is 2. The van der Waals surface area contributed by atoms with Crippen LogP contribution in [0, 0.1) is 5.92 Å². The van der Waals surface area contributed by atoms with Crippen LogP contribution in [0.25, 0.3) is 0 Å². The second-order valence-corrected chi connectivity index (χ2v) is 9.86. The van der Waals surface area contributed by atoms with E-state index in [1.165, 1.54) is 0 Å². The predicted octanol–water partition coefficient (Wildman–Crippen LogP) is 6.27. The summed E-state index contributed by atoms with van der Waals surface area (Å²) in [5, 5.41) is 0.551. The summed E-state index contributed by atoms with van der Waals surface area (Å²) in [5.74, 6) is -0.357. The number of benzene rings is 2. The Morgan fingerprint density at radius 3 is 2.50 bits per heavy atom. The summed E-state index contributed by atoms with van der Waals surface area (Å²) in [6, 6.07) is 13.1. The number of ketones is 1. The first-order valence-electron chi connectivity index (χ1n) is 12.3. The van der Waals surface area contributed by atoms with E-state index in [1.54, 1.807) is 20.3 Å².